The summed E-state index contributed by atoms with van der Waals surface area (Å²) < 4.78 is 40.6. The van der Waals surface area contributed by atoms with Gasteiger partial charge in [0.05, 0.1) is 12.5 Å². The van der Waals surface area contributed by atoms with Crippen LogP contribution in [0.25, 0.3) is 0 Å². The molecule has 148 valence electrons. The summed E-state index contributed by atoms with van der Waals surface area (Å²) in [4.78, 5) is 28.0. The quantitative estimate of drug-likeness (QED) is 0.867. The summed E-state index contributed by atoms with van der Waals surface area (Å²) >= 11 is 0. The molecule has 0 aliphatic carbocycles. The van der Waals surface area contributed by atoms with Gasteiger partial charge in [0.2, 0.25) is 11.8 Å². The number of piperazine rings is 1. The van der Waals surface area contributed by atoms with Crippen LogP contribution in [0.5, 0.6) is 0 Å². The van der Waals surface area contributed by atoms with Crippen molar-refractivity contribution in [3.63, 3.8) is 0 Å². The molecule has 1 N–H and O–H groups in total. The van der Waals surface area contributed by atoms with Gasteiger partial charge in [-0.2, -0.15) is 13.2 Å². The van der Waals surface area contributed by atoms with E-state index in [9.17, 15) is 22.8 Å². The lowest BCUT2D eigenvalue weighted by Crippen LogP contribution is -2.57. The van der Waals surface area contributed by atoms with E-state index in [1.165, 1.54) is 17.0 Å². The van der Waals surface area contributed by atoms with Gasteiger partial charge in [0.1, 0.15) is 0 Å². The molecule has 0 bridgehead atoms. The Hall–Kier alpha value is -2.09. The maximum atomic E-state index is 13.5. The molecule has 0 radical (unpaired) electrons. The van der Waals surface area contributed by atoms with Crippen LogP contribution in [0.2, 0.25) is 0 Å². The predicted octanol–water partition coefficient (Wildman–Crippen LogP) is 2.15. The molecule has 5 nitrogen and oxygen atoms in total. The standard InChI is InChI=1S/C19H24F3N3O2/c20-19(21,22)16(14-5-2-1-3-6-14)11-17(26)24-9-4-7-15(13-24)25-10-8-23-12-18(25)27/h1-3,5-6,15-16,23H,4,7-13H2. The number of alkyl halides is 3. The number of halogens is 3. The van der Waals surface area contributed by atoms with E-state index in [0.29, 0.717) is 32.6 Å². The van der Waals surface area contributed by atoms with E-state index in [1.807, 2.05) is 0 Å². The average molecular weight is 383 g/mol. The Morgan fingerprint density at radius 3 is 2.63 bits per heavy atom. The second-order valence-corrected chi connectivity index (χ2v) is 7.11. The number of nitrogens with one attached hydrogen (secondary N) is 1. The van der Waals surface area contributed by atoms with Gasteiger partial charge in [-0.25, -0.2) is 0 Å². The topological polar surface area (TPSA) is 52.7 Å². The highest BCUT2D eigenvalue weighted by molar-refractivity contribution is 5.80. The number of rotatable bonds is 4. The van der Waals surface area contributed by atoms with Crippen molar-refractivity contribution < 1.29 is 22.8 Å². The SMILES string of the molecule is O=C(CC(c1ccccc1)C(F)(F)F)N1CCCC(N2CCNCC2=O)C1. The van der Waals surface area contributed by atoms with Crippen LogP contribution >= 0.6 is 0 Å². The van der Waals surface area contributed by atoms with Gasteiger partial charge in [-0.3, -0.25) is 9.59 Å². The fourth-order valence-corrected chi connectivity index (χ4v) is 3.85. The number of carbonyl (C=O) groups is 2. The zero-order valence-electron chi connectivity index (χ0n) is 15.0. The largest absolute Gasteiger partial charge is 0.396 e. The zero-order chi connectivity index (χ0) is 19.4. The number of benzene rings is 1. The third kappa shape index (κ3) is 4.80. The summed E-state index contributed by atoms with van der Waals surface area (Å²) in [6.45, 7) is 2.29. The number of piperidine rings is 1. The van der Waals surface area contributed by atoms with Gasteiger partial charge in [0.25, 0.3) is 0 Å². The van der Waals surface area contributed by atoms with Gasteiger partial charge in [-0.1, -0.05) is 30.3 Å². The zero-order valence-corrected chi connectivity index (χ0v) is 15.0. The molecular formula is C19H24F3N3O2. The fourth-order valence-electron chi connectivity index (χ4n) is 3.85. The number of hydrogen-bond donors (Lipinski definition) is 1. The summed E-state index contributed by atoms with van der Waals surface area (Å²) in [5, 5.41) is 3.00. The van der Waals surface area contributed by atoms with Gasteiger partial charge < -0.3 is 15.1 Å². The van der Waals surface area contributed by atoms with Crippen molar-refractivity contribution in [2.24, 2.45) is 0 Å². The minimum Gasteiger partial charge on any atom is -0.341 e. The van der Waals surface area contributed by atoms with Crippen molar-refractivity contribution in [1.29, 1.82) is 0 Å². The van der Waals surface area contributed by atoms with E-state index in [0.717, 1.165) is 6.42 Å². The van der Waals surface area contributed by atoms with Crippen LogP contribution in [-0.4, -0.2) is 66.6 Å². The van der Waals surface area contributed by atoms with Crippen molar-refractivity contribution in [3.05, 3.63) is 35.9 Å². The van der Waals surface area contributed by atoms with Gasteiger partial charge in [0, 0.05) is 38.6 Å². The summed E-state index contributed by atoms with van der Waals surface area (Å²) in [6, 6.07) is 7.45. The van der Waals surface area contributed by atoms with E-state index < -0.39 is 24.4 Å². The third-order valence-electron chi connectivity index (χ3n) is 5.29. The molecule has 2 fully saturated rings. The number of likely N-dealkylation sites (tertiary alicyclic amines) is 1. The van der Waals surface area contributed by atoms with Crippen LogP contribution < -0.4 is 5.32 Å². The molecule has 2 saturated heterocycles. The summed E-state index contributed by atoms with van der Waals surface area (Å²) in [5.41, 5.74) is 0.101. The summed E-state index contributed by atoms with van der Waals surface area (Å²) in [6.07, 6.45) is -3.62. The highest BCUT2D eigenvalue weighted by Crippen LogP contribution is 2.38. The summed E-state index contributed by atoms with van der Waals surface area (Å²) in [7, 11) is 0. The molecule has 3 rings (SSSR count). The van der Waals surface area contributed by atoms with Crippen LogP contribution in [0.3, 0.4) is 0 Å². The van der Waals surface area contributed by atoms with E-state index in [2.05, 4.69) is 5.32 Å². The Labute approximate surface area is 156 Å². The van der Waals surface area contributed by atoms with E-state index >= 15 is 0 Å². The van der Waals surface area contributed by atoms with Gasteiger partial charge in [-0.05, 0) is 18.4 Å². The molecule has 27 heavy (non-hydrogen) atoms. The smallest absolute Gasteiger partial charge is 0.341 e. The first-order chi connectivity index (χ1) is 12.9. The van der Waals surface area contributed by atoms with Crippen molar-refractivity contribution in [2.75, 3.05) is 32.7 Å². The van der Waals surface area contributed by atoms with E-state index in [4.69, 9.17) is 0 Å². The first kappa shape index (κ1) is 19.7. The van der Waals surface area contributed by atoms with Crippen molar-refractivity contribution in [2.45, 2.75) is 37.4 Å². The molecule has 1 aromatic carbocycles. The van der Waals surface area contributed by atoms with Crippen LogP contribution in [-0.2, 0) is 9.59 Å². The molecule has 2 atom stereocenters. The second-order valence-electron chi connectivity index (χ2n) is 7.11. The summed E-state index contributed by atoms with van der Waals surface area (Å²) in [5.74, 6) is -2.33. The Morgan fingerprint density at radius 2 is 1.96 bits per heavy atom. The normalized spacial score (nSPS) is 22.6. The lowest BCUT2D eigenvalue weighted by Gasteiger charge is -2.41. The lowest BCUT2D eigenvalue weighted by molar-refractivity contribution is -0.161. The Morgan fingerprint density at radius 1 is 1.22 bits per heavy atom. The molecule has 0 spiro atoms. The molecule has 1 aromatic rings. The van der Waals surface area contributed by atoms with Crippen LogP contribution in [0.4, 0.5) is 13.2 Å². The predicted molar refractivity (Wildman–Crippen MR) is 94.0 cm³/mol. The molecule has 8 heteroatoms. The number of amides is 2. The van der Waals surface area contributed by atoms with Crippen LogP contribution in [0.15, 0.2) is 30.3 Å². The molecule has 2 aliphatic heterocycles. The Kier molecular flexibility index (Phi) is 6.04. The van der Waals surface area contributed by atoms with Crippen molar-refractivity contribution in [3.8, 4) is 0 Å². The fraction of sp³-hybridized carbons (Fsp3) is 0.579. The highest BCUT2D eigenvalue weighted by atomic mass is 19.4. The first-order valence-corrected chi connectivity index (χ1v) is 9.26. The van der Waals surface area contributed by atoms with E-state index in [-0.39, 0.29) is 24.1 Å². The first-order valence-electron chi connectivity index (χ1n) is 9.26. The minimum atomic E-state index is -4.49. The maximum absolute atomic E-state index is 13.5. The monoisotopic (exact) mass is 383 g/mol. The van der Waals surface area contributed by atoms with E-state index in [1.54, 1.807) is 23.1 Å². The molecular weight excluding hydrogens is 359 g/mol. The average Bonchev–Trinajstić information content (AvgIpc) is 2.66. The molecule has 0 saturated carbocycles. The second kappa shape index (κ2) is 8.29. The van der Waals surface area contributed by atoms with Crippen molar-refractivity contribution in [1.82, 2.24) is 15.1 Å². The number of carbonyl (C=O) groups excluding carboxylic acids is 2. The van der Waals surface area contributed by atoms with Crippen LogP contribution in [0, 0.1) is 0 Å². The minimum absolute atomic E-state index is 0.0157. The molecule has 2 aliphatic rings. The van der Waals surface area contributed by atoms with Crippen LogP contribution in [0.1, 0.15) is 30.7 Å². The maximum Gasteiger partial charge on any atom is 0.396 e. The Balaban J connectivity index is 1.68. The lowest BCUT2D eigenvalue weighted by atomic mass is 9.93. The van der Waals surface area contributed by atoms with Gasteiger partial charge >= 0.3 is 6.18 Å². The number of hydrogen-bond acceptors (Lipinski definition) is 3. The highest BCUT2D eigenvalue weighted by Gasteiger charge is 2.43. The Bertz CT molecular complexity index is 666. The van der Waals surface area contributed by atoms with Crippen molar-refractivity contribution >= 4 is 11.8 Å². The third-order valence-corrected chi connectivity index (χ3v) is 5.29. The molecule has 2 heterocycles. The molecule has 2 amide bonds. The van der Waals surface area contributed by atoms with Gasteiger partial charge in [-0.15, -0.1) is 0 Å². The molecule has 2 unspecified atom stereocenters. The number of nitrogens with zero attached hydrogens (tertiary/aromatic N) is 2. The molecule has 0 aromatic heterocycles. The van der Waals surface area contributed by atoms with Gasteiger partial charge in [0.15, 0.2) is 0 Å².